The Morgan fingerprint density at radius 3 is 2.82 bits per heavy atom. The summed E-state index contributed by atoms with van der Waals surface area (Å²) in [4.78, 5) is 0. The van der Waals surface area contributed by atoms with E-state index in [4.69, 9.17) is 4.74 Å². The van der Waals surface area contributed by atoms with Gasteiger partial charge in [0.2, 0.25) is 0 Å². The Balaban J connectivity index is 2.06. The fourth-order valence-electron chi connectivity index (χ4n) is 2.38. The standard InChI is InChI=1S/C14H21NO2/c1-9-4-5-12(14(16)8-9)10(2)15-13-6-7-17-11(13)3/h4-5,8,10-11,13,15-16H,6-7H2,1-3H3. The Morgan fingerprint density at radius 2 is 2.24 bits per heavy atom. The van der Waals surface area contributed by atoms with Gasteiger partial charge in [0.1, 0.15) is 5.75 Å². The van der Waals surface area contributed by atoms with Crippen molar-refractivity contribution >= 4 is 0 Å². The molecule has 1 heterocycles. The molecule has 3 atom stereocenters. The predicted octanol–water partition coefficient (Wildman–Crippen LogP) is 2.53. The topological polar surface area (TPSA) is 41.5 Å². The molecular formula is C14H21NO2. The molecule has 0 amide bonds. The van der Waals surface area contributed by atoms with Crippen molar-refractivity contribution in [1.82, 2.24) is 5.32 Å². The monoisotopic (exact) mass is 235 g/mol. The lowest BCUT2D eigenvalue weighted by atomic mass is 10.0. The third-order valence-corrected chi connectivity index (χ3v) is 3.49. The molecule has 1 aliphatic heterocycles. The smallest absolute Gasteiger partial charge is 0.120 e. The fourth-order valence-corrected chi connectivity index (χ4v) is 2.38. The van der Waals surface area contributed by atoms with E-state index in [0.717, 1.165) is 24.2 Å². The normalized spacial score (nSPS) is 26.1. The molecule has 0 spiro atoms. The SMILES string of the molecule is Cc1ccc(C(C)NC2CCOC2C)c(O)c1. The van der Waals surface area contributed by atoms with Crippen LogP contribution in [-0.2, 0) is 4.74 Å². The molecule has 1 aromatic rings. The third-order valence-electron chi connectivity index (χ3n) is 3.49. The van der Waals surface area contributed by atoms with Crippen molar-refractivity contribution in [2.75, 3.05) is 6.61 Å². The van der Waals surface area contributed by atoms with Crippen LogP contribution in [0.4, 0.5) is 0 Å². The third kappa shape index (κ3) is 2.79. The highest BCUT2D eigenvalue weighted by atomic mass is 16.5. The van der Waals surface area contributed by atoms with Gasteiger partial charge in [0.25, 0.3) is 0 Å². The molecule has 3 nitrogen and oxygen atoms in total. The molecule has 0 bridgehead atoms. The minimum Gasteiger partial charge on any atom is -0.508 e. The minimum atomic E-state index is 0.143. The highest BCUT2D eigenvalue weighted by Gasteiger charge is 2.26. The van der Waals surface area contributed by atoms with Crippen LogP contribution >= 0.6 is 0 Å². The maximum absolute atomic E-state index is 9.93. The Hall–Kier alpha value is -1.06. The number of hydrogen-bond donors (Lipinski definition) is 2. The first-order valence-corrected chi connectivity index (χ1v) is 6.25. The molecule has 3 unspecified atom stereocenters. The van der Waals surface area contributed by atoms with Crippen LogP contribution in [0.25, 0.3) is 0 Å². The van der Waals surface area contributed by atoms with Gasteiger partial charge < -0.3 is 15.2 Å². The zero-order valence-corrected chi connectivity index (χ0v) is 10.7. The lowest BCUT2D eigenvalue weighted by Gasteiger charge is -2.22. The lowest BCUT2D eigenvalue weighted by molar-refractivity contribution is 0.111. The molecule has 3 heteroatoms. The number of phenolic OH excluding ortho intramolecular Hbond substituents is 1. The van der Waals surface area contributed by atoms with Gasteiger partial charge in [-0.05, 0) is 38.8 Å². The van der Waals surface area contributed by atoms with Crippen molar-refractivity contribution < 1.29 is 9.84 Å². The van der Waals surface area contributed by atoms with Crippen molar-refractivity contribution in [3.05, 3.63) is 29.3 Å². The van der Waals surface area contributed by atoms with Crippen molar-refractivity contribution in [2.45, 2.75) is 45.4 Å². The second-order valence-electron chi connectivity index (χ2n) is 4.92. The highest BCUT2D eigenvalue weighted by molar-refractivity contribution is 5.37. The molecule has 0 aromatic heterocycles. The fraction of sp³-hybridized carbons (Fsp3) is 0.571. The molecule has 2 N–H and O–H groups in total. The van der Waals surface area contributed by atoms with Gasteiger partial charge in [0, 0.05) is 24.3 Å². The van der Waals surface area contributed by atoms with Gasteiger partial charge >= 0.3 is 0 Å². The number of aryl methyl sites for hydroxylation is 1. The Kier molecular flexibility index (Phi) is 3.69. The van der Waals surface area contributed by atoms with E-state index in [9.17, 15) is 5.11 Å². The number of rotatable bonds is 3. The van der Waals surface area contributed by atoms with Gasteiger partial charge in [-0.15, -0.1) is 0 Å². The summed E-state index contributed by atoms with van der Waals surface area (Å²) in [6.45, 7) is 6.97. The zero-order valence-electron chi connectivity index (χ0n) is 10.7. The van der Waals surface area contributed by atoms with E-state index in [1.54, 1.807) is 0 Å². The molecule has 0 saturated carbocycles. The van der Waals surface area contributed by atoms with E-state index in [1.807, 2.05) is 25.1 Å². The number of phenols is 1. The van der Waals surface area contributed by atoms with E-state index >= 15 is 0 Å². The average Bonchev–Trinajstić information content (AvgIpc) is 2.64. The average molecular weight is 235 g/mol. The molecule has 1 fully saturated rings. The van der Waals surface area contributed by atoms with Crippen LogP contribution in [0.3, 0.4) is 0 Å². The number of aromatic hydroxyl groups is 1. The second-order valence-corrected chi connectivity index (χ2v) is 4.92. The van der Waals surface area contributed by atoms with Crippen molar-refractivity contribution in [3.63, 3.8) is 0 Å². The van der Waals surface area contributed by atoms with Gasteiger partial charge in [-0.3, -0.25) is 0 Å². The van der Waals surface area contributed by atoms with Crippen LogP contribution in [0, 0.1) is 6.92 Å². The molecule has 0 aliphatic carbocycles. The summed E-state index contributed by atoms with van der Waals surface area (Å²) >= 11 is 0. The van der Waals surface area contributed by atoms with E-state index < -0.39 is 0 Å². The second kappa shape index (κ2) is 5.07. The summed E-state index contributed by atoms with van der Waals surface area (Å²) in [6, 6.07) is 6.35. The molecule has 1 aliphatic rings. The summed E-state index contributed by atoms with van der Waals surface area (Å²) in [5.74, 6) is 0.372. The van der Waals surface area contributed by atoms with Gasteiger partial charge in [-0.25, -0.2) is 0 Å². The number of hydrogen-bond acceptors (Lipinski definition) is 3. The van der Waals surface area contributed by atoms with Crippen LogP contribution in [-0.4, -0.2) is 23.9 Å². The van der Waals surface area contributed by atoms with E-state index in [1.165, 1.54) is 0 Å². The molecular weight excluding hydrogens is 214 g/mol. The van der Waals surface area contributed by atoms with Gasteiger partial charge in [0.05, 0.1) is 6.10 Å². The van der Waals surface area contributed by atoms with Gasteiger partial charge in [0.15, 0.2) is 0 Å². The summed E-state index contributed by atoms with van der Waals surface area (Å²) in [6.07, 6.45) is 1.29. The molecule has 94 valence electrons. The first kappa shape index (κ1) is 12.4. The molecule has 17 heavy (non-hydrogen) atoms. The van der Waals surface area contributed by atoms with Crippen molar-refractivity contribution in [2.24, 2.45) is 0 Å². The maximum atomic E-state index is 9.93. The van der Waals surface area contributed by atoms with Crippen molar-refractivity contribution in [3.8, 4) is 5.75 Å². The lowest BCUT2D eigenvalue weighted by Crippen LogP contribution is -2.36. The predicted molar refractivity (Wildman–Crippen MR) is 68.2 cm³/mol. The molecule has 2 rings (SSSR count). The molecule has 1 saturated heterocycles. The van der Waals surface area contributed by atoms with E-state index in [-0.39, 0.29) is 12.1 Å². The summed E-state index contributed by atoms with van der Waals surface area (Å²) in [5, 5.41) is 13.5. The molecule has 0 radical (unpaired) electrons. The largest absolute Gasteiger partial charge is 0.508 e. The van der Waals surface area contributed by atoms with Gasteiger partial charge in [-0.2, -0.15) is 0 Å². The number of nitrogens with one attached hydrogen (secondary N) is 1. The highest BCUT2D eigenvalue weighted by Crippen LogP contribution is 2.26. The van der Waals surface area contributed by atoms with Crippen LogP contribution in [0.1, 0.15) is 37.4 Å². The number of benzene rings is 1. The van der Waals surface area contributed by atoms with E-state index in [0.29, 0.717) is 11.8 Å². The van der Waals surface area contributed by atoms with Crippen LogP contribution < -0.4 is 5.32 Å². The van der Waals surface area contributed by atoms with Crippen LogP contribution in [0.5, 0.6) is 5.75 Å². The van der Waals surface area contributed by atoms with Crippen LogP contribution in [0.15, 0.2) is 18.2 Å². The Labute approximate surface area is 103 Å². The van der Waals surface area contributed by atoms with Crippen LogP contribution in [0.2, 0.25) is 0 Å². The summed E-state index contributed by atoms with van der Waals surface area (Å²) in [5.41, 5.74) is 2.03. The summed E-state index contributed by atoms with van der Waals surface area (Å²) in [7, 11) is 0. The van der Waals surface area contributed by atoms with Gasteiger partial charge in [-0.1, -0.05) is 12.1 Å². The zero-order chi connectivity index (χ0) is 12.4. The Morgan fingerprint density at radius 1 is 1.47 bits per heavy atom. The molecule has 1 aromatic carbocycles. The first-order valence-electron chi connectivity index (χ1n) is 6.25. The Bertz CT molecular complexity index is 392. The van der Waals surface area contributed by atoms with E-state index in [2.05, 4.69) is 19.2 Å². The maximum Gasteiger partial charge on any atom is 0.120 e. The quantitative estimate of drug-likeness (QED) is 0.846. The number of ether oxygens (including phenoxy) is 1. The first-order chi connectivity index (χ1) is 8.08. The summed E-state index contributed by atoms with van der Waals surface area (Å²) < 4.78 is 5.53. The minimum absolute atomic E-state index is 0.143. The van der Waals surface area contributed by atoms with Crippen molar-refractivity contribution in [1.29, 1.82) is 0 Å².